The molecule has 6 heteroatoms. The van der Waals surface area contributed by atoms with Crippen molar-refractivity contribution in [3.63, 3.8) is 0 Å². The number of hydrogen-bond acceptors (Lipinski definition) is 5. The lowest BCUT2D eigenvalue weighted by Crippen LogP contribution is -2.45. The van der Waals surface area contributed by atoms with Crippen LogP contribution >= 0.6 is 0 Å². The quantitative estimate of drug-likeness (QED) is 0.799. The first kappa shape index (κ1) is 14.5. The van der Waals surface area contributed by atoms with E-state index in [1.807, 2.05) is 0 Å². The van der Waals surface area contributed by atoms with Crippen molar-refractivity contribution >= 4 is 15.6 Å². The largest absolute Gasteiger partial charge is 0.481 e. The SMILES string of the molecule is COc1cccc(C(=O)C2CC3CCCC(C2)S3(=O)=O)n1. The molecule has 0 aliphatic carbocycles. The molecule has 2 bridgehead atoms. The van der Waals surface area contributed by atoms with Gasteiger partial charge in [-0.2, -0.15) is 0 Å². The maximum atomic E-state index is 12.6. The second-order valence-corrected chi connectivity index (χ2v) is 8.37. The van der Waals surface area contributed by atoms with E-state index in [1.165, 1.54) is 7.11 Å². The van der Waals surface area contributed by atoms with Crippen molar-refractivity contribution in [1.82, 2.24) is 4.98 Å². The van der Waals surface area contributed by atoms with Gasteiger partial charge in [-0.15, -0.1) is 0 Å². The van der Waals surface area contributed by atoms with Crippen molar-refractivity contribution < 1.29 is 17.9 Å². The highest BCUT2D eigenvalue weighted by atomic mass is 32.2. The number of Topliss-reactive ketones (excluding diaryl/α,β-unsaturated/α-hetero) is 1. The summed E-state index contributed by atoms with van der Waals surface area (Å²) in [5.74, 6) is 0.119. The van der Waals surface area contributed by atoms with Crippen LogP contribution in [0.1, 0.15) is 42.6 Å². The fraction of sp³-hybridized carbons (Fsp3) is 0.600. The molecule has 2 saturated heterocycles. The molecule has 114 valence electrons. The molecular formula is C15H19NO4S. The van der Waals surface area contributed by atoms with E-state index in [9.17, 15) is 13.2 Å². The summed E-state index contributed by atoms with van der Waals surface area (Å²) in [7, 11) is -1.52. The van der Waals surface area contributed by atoms with E-state index in [-0.39, 0.29) is 22.2 Å². The molecule has 2 aliphatic rings. The Labute approximate surface area is 124 Å². The number of carbonyl (C=O) groups is 1. The van der Waals surface area contributed by atoms with Crippen LogP contribution in [0.3, 0.4) is 0 Å². The van der Waals surface area contributed by atoms with Crippen molar-refractivity contribution in [1.29, 1.82) is 0 Å². The van der Waals surface area contributed by atoms with Gasteiger partial charge in [-0.1, -0.05) is 12.5 Å². The van der Waals surface area contributed by atoms with Crippen molar-refractivity contribution in [2.45, 2.75) is 42.6 Å². The minimum Gasteiger partial charge on any atom is -0.481 e. The predicted molar refractivity (Wildman–Crippen MR) is 78.2 cm³/mol. The molecule has 5 nitrogen and oxygen atoms in total. The number of nitrogens with zero attached hydrogens (tertiary/aromatic N) is 1. The van der Waals surface area contributed by atoms with E-state index in [0.29, 0.717) is 37.3 Å². The van der Waals surface area contributed by atoms with Gasteiger partial charge in [0.05, 0.1) is 17.6 Å². The molecule has 0 saturated carbocycles. The molecular weight excluding hydrogens is 290 g/mol. The highest BCUT2D eigenvalue weighted by Gasteiger charge is 2.46. The minimum absolute atomic E-state index is 0.0549. The summed E-state index contributed by atoms with van der Waals surface area (Å²) in [5.41, 5.74) is 0.372. The number of fused-ring (bicyclic) bond motifs is 2. The molecule has 2 fully saturated rings. The van der Waals surface area contributed by atoms with Gasteiger partial charge in [0, 0.05) is 12.0 Å². The highest BCUT2D eigenvalue weighted by molar-refractivity contribution is 7.92. The Morgan fingerprint density at radius 2 is 1.90 bits per heavy atom. The van der Waals surface area contributed by atoms with Crippen LogP contribution in [0.15, 0.2) is 18.2 Å². The van der Waals surface area contributed by atoms with Gasteiger partial charge in [0.2, 0.25) is 5.88 Å². The first-order valence-electron chi connectivity index (χ1n) is 7.30. The predicted octanol–water partition coefficient (Wildman–Crippen LogP) is 2.02. The molecule has 1 aromatic heterocycles. The van der Waals surface area contributed by atoms with Gasteiger partial charge in [-0.3, -0.25) is 4.79 Å². The Morgan fingerprint density at radius 1 is 1.24 bits per heavy atom. The fourth-order valence-corrected chi connectivity index (χ4v) is 6.03. The van der Waals surface area contributed by atoms with Crippen LogP contribution in [0, 0.1) is 5.92 Å². The summed E-state index contributed by atoms with van der Waals surface area (Å²) in [6.45, 7) is 0. The number of ketones is 1. The standard InChI is InChI=1S/C15H19NO4S/c1-20-14-7-3-6-13(16-14)15(17)10-8-11-4-2-5-12(9-10)21(11,18)19/h3,6-7,10-12H,2,4-5,8-9H2,1H3. The van der Waals surface area contributed by atoms with Crippen LogP contribution in [-0.4, -0.2) is 36.8 Å². The number of carbonyl (C=O) groups excluding carboxylic acids is 1. The van der Waals surface area contributed by atoms with E-state index >= 15 is 0 Å². The average Bonchev–Trinajstić information content (AvgIpc) is 2.45. The van der Waals surface area contributed by atoms with E-state index in [2.05, 4.69) is 4.98 Å². The number of pyridine rings is 1. The van der Waals surface area contributed by atoms with Crippen LogP contribution in [0.4, 0.5) is 0 Å². The van der Waals surface area contributed by atoms with E-state index in [0.717, 1.165) is 6.42 Å². The van der Waals surface area contributed by atoms with Crippen LogP contribution in [-0.2, 0) is 9.84 Å². The summed E-state index contributed by atoms with van der Waals surface area (Å²) < 4.78 is 29.5. The smallest absolute Gasteiger partial charge is 0.213 e. The molecule has 2 atom stereocenters. The summed E-state index contributed by atoms with van der Waals surface area (Å²) in [6, 6.07) is 5.10. The molecule has 0 spiro atoms. The van der Waals surface area contributed by atoms with Gasteiger partial charge < -0.3 is 4.74 Å². The zero-order chi connectivity index (χ0) is 15.0. The minimum atomic E-state index is -3.02. The Hall–Kier alpha value is -1.43. The Balaban J connectivity index is 1.83. The molecule has 21 heavy (non-hydrogen) atoms. The summed E-state index contributed by atoms with van der Waals surface area (Å²) in [6.07, 6.45) is 3.21. The molecule has 2 aliphatic heterocycles. The van der Waals surface area contributed by atoms with Crippen LogP contribution < -0.4 is 4.74 Å². The maximum absolute atomic E-state index is 12.6. The number of methoxy groups -OCH3 is 1. The van der Waals surface area contributed by atoms with E-state index in [1.54, 1.807) is 18.2 Å². The number of sulfone groups is 1. The zero-order valence-electron chi connectivity index (χ0n) is 12.0. The van der Waals surface area contributed by atoms with E-state index < -0.39 is 9.84 Å². The number of hydrogen-bond donors (Lipinski definition) is 0. The third-order valence-corrected chi connectivity index (χ3v) is 7.35. The lowest BCUT2D eigenvalue weighted by molar-refractivity contribution is 0.0888. The van der Waals surface area contributed by atoms with Crippen molar-refractivity contribution in [3.8, 4) is 5.88 Å². The Kier molecular flexibility index (Phi) is 3.73. The Bertz CT molecular complexity index is 635. The van der Waals surface area contributed by atoms with Crippen LogP contribution in [0.25, 0.3) is 0 Å². The van der Waals surface area contributed by atoms with Crippen molar-refractivity contribution in [2.24, 2.45) is 5.92 Å². The fourth-order valence-electron chi connectivity index (χ4n) is 3.50. The van der Waals surface area contributed by atoms with E-state index in [4.69, 9.17) is 4.74 Å². The lowest BCUT2D eigenvalue weighted by atomic mass is 9.85. The van der Waals surface area contributed by atoms with Gasteiger partial charge in [0.15, 0.2) is 15.6 Å². The van der Waals surface area contributed by atoms with Crippen LogP contribution in [0.2, 0.25) is 0 Å². The molecule has 3 rings (SSSR count). The van der Waals surface area contributed by atoms with Crippen molar-refractivity contribution in [3.05, 3.63) is 23.9 Å². The molecule has 3 heterocycles. The first-order valence-corrected chi connectivity index (χ1v) is 8.91. The lowest BCUT2D eigenvalue weighted by Gasteiger charge is -2.37. The summed E-state index contributed by atoms with van der Waals surface area (Å²) in [5, 5.41) is -0.686. The van der Waals surface area contributed by atoms with Gasteiger partial charge in [0.25, 0.3) is 0 Å². The molecule has 0 aromatic carbocycles. The second-order valence-electron chi connectivity index (χ2n) is 5.86. The van der Waals surface area contributed by atoms with Gasteiger partial charge in [-0.05, 0) is 31.7 Å². The molecule has 2 unspecified atom stereocenters. The van der Waals surface area contributed by atoms with Crippen molar-refractivity contribution in [2.75, 3.05) is 7.11 Å². The Morgan fingerprint density at radius 3 is 2.52 bits per heavy atom. The third kappa shape index (κ3) is 2.57. The maximum Gasteiger partial charge on any atom is 0.213 e. The monoisotopic (exact) mass is 309 g/mol. The number of aromatic nitrogens is 1. The third-order valence-electron chi connectivity index (χ3n) is 4.63. The second kappa shape index (κ2) is 5.40. The summed E-state index contributed by atoms with van der Waals surface area (Å²) >= 11 is 0. The highest BCUT2D eigenvalue weighted by Crippen LogP contribution is 2.40. The first-order chi connectivity index (χ1) is 10.0. The molecule has 0 N–H and O–H groups in total. The molecule has 1 aromatic rings. The van der Waals surface area contributed by atoms with Gasteiger partial charge >= 0.3 is 0 Å². The van der Waals surface area contributed by atoms with Gasteiger partial charge in [0.1, 0.15) is 5.69 Å². The van der Waals surface area contributed by atoms with Gasteiger partial charge in [-0.25, -0.2) is 13.4 Å². The molecule has 0 radical (unpaired) electrons. The normalized spacial score (nSPS) is 30.6. The van der Waals surface area contributed by atoms with Crippen LogP contribution in [0.5, 0.6) is 5.88 Å². The zero-order valence-corrected chi connectivity index (χ0v) is 12.8. The summed E-state index contributed by atoms with van der Waals surface area (Å²) in [4.78, 5) is 16.8. The number of ether oxygens (including phenoxy) is 1. The topological polar surface area (TPSA) is 73.3 Å². The molecule has 0 amide bonds. The average molecular weight is 309 g/mol. The number of rotatable bonds is 3.